The van der Waals surface area contributed by atoms with Gasteiger partial charge in [-0.05, 0) is 38.6 Å². The monoisotopic (exact) mass is 234 g/mol. The molecule has 0 unspecified atom stereocenters. The number of ether oxygens (including phenoxy) is 1. The Hall–Kier alpha value is -1.06. The van der Waals surface area contributed by atoms with Crippen molar-refractivity contribution in [1.29, 1.82) is 0 Å². The van der Waals surface area contributed by atoms with Crippen molar-refractivity contribution in [3.8, 4) is 5.75 Å². The molecule has 2 rings (SSSR count). The molecule has 0 spiro atoms. The van der Waals surface area contributed by atoms with E-state index in [0.717, 1.165) is 25.4 Å². The maximum absolute atomic E-state index is 5.71. The zero-order valence-corrected chi connectivity index (χ0v) is 10.9. The van der Waals surface area contributed by atoms with Crippen LogP contribution in [0.15, 0.2) is 24.3 Å². The van der Waals surface area contributed by atoms with Gasteiger partial charge in [0, 0.05) is 25.7 Å². The Labute approximate surface area is 104 Å². The molecular weight excluding hydrogens is 212 g/mol. The van der Waals surface area contributed by atoms with Crippen LogP contribution in [0.2, 0.25) is 0 Å². The van der Waals surface area contributed by atoms with Crippen molar-refractivity contribution in [2.45, 2.75) is 32.5 Å². The Kier molecular flexibility index (Phi) is 4.02. The summed E-state index contributed by atoms with van der Waals surface area (Å²) in [6, 6.07) is 9.08. The maximum atomic E-state index is 5.71. The number of likely N-dealkylation sites (N-methyl/N-ethyl adjacent to an activating group) is 1. The number of rotatable bonds is 5. The predicted octanol–water partition coefficient (Wildman–Crippen LogP) is 1.88. The first-order chi connectivity index (χ1) is 8.15. The van der Waals surface area contributed by atoms with Gasteiger partial charge in [-0.3, -0.25) is 4.90 Å². The molecule has 1 aliphatic rings. The van der Waals surface area contributed by atoms with Gasteiger partial charge >= 0.3 is 0 Å². The van der Waals surface area contributed by atoms with Crippen LogP contribution in [0.25, 0.3) is 0 Å². The van der Waals surface area contributed by atoms with Crippen molar-refractivity contribution in [1.82, 2.24) is 10.2 Å². The van der Waals surface area contributed by atoms with Crippen LogP contribution in [0, 0.1) is 0 Å². The fraction of sp³-hybridized carbons (Fsp3) is 0.571. The largest absolute Gasteiger partial charge is 0.491 e. The quantitative estimate of drug-likeness (QED) is 0.842. The van der Waals surface area contributed by atoms with E-state index in [1.165, 1.54) is 5.56 Å². The van der Waals surface area contributed by atoms with Crippen LogP contribution in [0.1, 0.15) is 19.4 Å². The normalized spacial score (nSPS) is 16.3. The summed E-state index contributed by atoms with van der Waals surface area (Å²) in [6.07, 6.45) is 0.235. The van der Waals surface area contributed by atoms with Crippen molar-refractivity contribution in [2.24, 2.45) is 0 Å². The van der Waals surface area contributed by atoms with Gasteiger partial charge < -0.3 is 10.1 Å². The molecule has 0 saturated carbocycles. The molecule has 0 aromatic heterocycles. The van der Waals surface area contributed by atoms with Gasteiger partial charge in [0.25, 0.3) is 0 Å². The number of hydrogen-bond acceptors (Lipinski definition) is 3. The second-order valence-corrected chi connectivity index (χ2v) is 5.04. The molecule has 0 bridgehead atoms. The van der Waals surface area contributed by atoms with Crippen LogP contribution in [0.4, 0.5) is 0 Å². The van der Waals surface area contributed by atoms with Crippen LogP contribution >= 0.6 is 0 Å². The van der Waals surface area contributed by atoms with Gasteiger partial charge in [-0.15, -0.1) is 0 Å². The van der Waals surface area contributed by atoms with Crippen molar-refractivity contribution in [2.75, 3.05) is 20.1 Å². The van der Waals surface area contributed by atoms with Gasteiger partial charge in [-0.2, -0.15) is 0 Å². The predicted molar refractivity (Wildman–Crippen MR) is 70.3 cm³/mol. The van der Waals surface area contributed by atoms with E-state index in [1.54, 1.807) is 0 Å². The van der Waals surface area contributed by atoms with Crippen LogP contribution < -0.4 is 10.1 Å². The van der Waals surface area contributed by atoms with Gasteiger partial charge in [0.15, 0.2) is 0 Å². The highest BCUT2D eigenvalue weighted by Gasteiger charge is 2.21. The Morgan fingerprint density at radius 1 is 1.41 bits per heavy atom. The molecular formula is C14H22N2O. The summed E-state index contributed by atoms with van der Waals surface area (Å²) in [5.41, 5.74) is 1.32. The van der Waals surface area contributed by atoms with E-state index >= 15 is 0 Å². The molecule has 1 aromatic rings. The molecule has 1 N–H and O–H groups in total. The van der Waals surface area contributed by atoms with Crippen molar-refractivity contribution in [3.05, 3.63) is 29.8 Å². The minimum absolute atomic E-state index is 0.235. The Bertz CT molecular complexity index is 361. The second kappa shape index (κ2) is 5.52. The third kappa shape index (κ3) is 3.45. The van der Waals surface area contributed by atoms with Gasteiger partial charge in [0.05, 0.1) is 6.10 Å². The third-order valence-electron chi connectivity index (χ3n) is 3.09. The molecule has 3 heteroatoms. The van der Waals surface area contributed by atoms with Gasteiger partial charge in [-0.1, -0.05) is 12.1 Å². The lowest BCUT2D eigenvalue weighted by Crippen LogP contribution is -2.55. The van der Waals surface area contributed by atoms with Crippen LogP contribution in [-0.2, 0) is 6.54 Å². The highest BCUT2D eigenvalue weighted by atomic mass is 16.5. The van der Waals surface area contributed by atoms with E-state index in [9.17, 15) is 0 Å². The molecule has 1 aliphatic heterocycles. The Balaban J connectivity index is 1.95. The Morgan fingerprint density at radius 2 is 2.18 bits per heavy atom. The molecule has 1 saturated heterocycles. The second-order valence-electron chi connectivity index (χ2n) is 5.04. The maximum Gasteiger partial charge on any atom is 0.120 e. The smallest absolute Gasteiger partial charge is 0.120 e. The van der Waals surface area contributed by atoms with Crippen LogP contribution in [0.5, 0.6) is 5.75 Å². The zero-order chi connectivity index (χ0) is 12.3. The number of nitrogens with zero attached hydrogens (tertiary/aromatic N) is 1. The van der Waals surface area contributed by atoms with E-state index in [-0.39, 0.29) is 6.10 Å². The van der Waals surface area contributed by atoms with E-state index in [1.807, 2.05) is 6.07 Å². The lowest BCUT2D eigenvalue weighted by Gasteiger charge is -2.35. The van der Waals surface area contributed by atoms with Crippen molar-refractivity contribution in [3.63, 3.8) is 0 Å². The van der Waals surface area contributed by atoms with E-state index in [4.69, 9.17) is 4.74 Å². The molecule has 0 atom stereocenters. The van der Waals surface area contributed by atoms with Crippen LogP contribution in [0.3, 0.4) is 0 Å². The molecule has 0 radical (unpaired) electrons. The average molecular weight is 234 g/mol. The summed E-state index contributed by atoms with van der Waals surface area (Å²) in [6.45, 7) is 7.32. The first-order valence-corrected chi connectivity index (χ1v) is 6.31. The first-order valence-electron chi connectivity index (χ1n) is 6.31. The average Bonchev–Trinajstić information content (AvgIpc) is 2.13. The SMILES string of the molecule is CC(C)Oc1cccc(CN(C)C2CNC2)c1. The fourth-order valence-corrected chi connectivity index (χ4v) is 1.99. The molecule has 3 nitrogen and oxygen atoms in total. The zero-order valence-electron chi connectivity index (χ0n) is 10.9. The molecule has 94 valence electrons. The molecule has 0 aliphatic carbocycles. The summed E-state index contributed by atoms with van der Waals surface area (Å²) >= 11 is 0. The number of benzene rings is 1. The minimum atomic E-state index is 0.235. The van der Waals surface area contributed by atoms with Crippen LogP contribution in [-0.4, -0.2) is 37.2 Å². The van der Waals surface area contributed by atoms with Crippen molar-refractivity contribution < 1.29 is 4.74 Å². The summed E-state index contributed by atoms with van der Waals surface area (Å²) < 4.78 is 5.71. The lowest BCUT2D eigenvalue weighted by molar-refractivity contribution is 0.172. The Morgan fingerprint density at radius 3 is 2.76 bits per heavy atom. The fourth-order valence-electron chi connectivity index (χ4n) is 1.99. The molecule has 17 heavy (non-hydrogen) atoms. The van der Waals surface area contributed by atoms with E-state index < -0.39 is 0 Å². The molecule has 1 fully saturated rings. The summed E-state index contributed by atoms with van der Waals surface area (Å²) in [4.78, 5) is 2.39. The highest BCUT2D eigenvalue weighted by Crippen LogP contribution is 2.17. The van der Waals surface area contributed by atoms with E-state index in [2.05, 4.69) is 49.3 Å². The van der Waals surface area contributed by atoms with E-state index in [0.29, 0.717) is 6.04 Å². The number of hydrogen-bond donors (Lipinski definition) is 1. The highest BCUT2D eigenvalue weighted by molar-refractivity contribution is 5.28. The topological polar surface area (TPSA) is 24.5 Å². The van der Waals surface area contributed by atoms with Crippen molar-refractivity contribution >= 4 is 0 Å². The molecule has 1 aromatic carbocycles. The number of nitrogens with one attached hydrogen (secondary N) is 1. The third-order valence-corrected chi connectivity index (χ3v) is 3.09. The standard InChI is InChI=1S/C14H22N2O/c1-11(2)17-14-6-4-5-12(7-14)10-16(3)13-8-15-9-13/h4-7,11,13,15H,8-10H2,1-3H3. The molecule has 1 heterocycles. The van der Waals surface area contributed by atoms with Gasteiger partial charge in [-0.25, -0.2) is 0 Å². The van der Waals surface area contributed by atoms with Gasteiger partial charge in [0.2, 0.25) is 0 Å². The first kappa shape index (κ1) is 12.4. The summed E-state index contributed by atoms with van der Waals surface area (Å²) in [5.74, 6) is 0.970. The molecule has 0 amide bonds. The lowest BCUT2D eigenvalue weighted by atomic mass is 10.1. The minimum Gasteiger partial charge on any atom is -0.491 e. The summed E-state index contributed by atoms with van der Waals surface area (Å²) in [7, 11) is 2.18. The van der Waals surface area contributed by atoms with Gasteiger partial charge in [0.1, 0.15) is 5.75 Å². The summed E-state index contributed by atoms with van der Waals surface area (Å²) in [5, 5.41) is 3.30.